The Balaban J connectivity index is 1.80. The Bertz CT molecular complexity index is 130. The van der Waals surface area contributed by atoms with E-state index in [2.05, 4.69) is 11.9 Å². The fourth-order valence-corrected chi connectivity index (χ4v) is 1.78. The Hall–Kier alpha value is -0.340. The predicted molar refractivity (Wildman–Crippen MR) is 55.9 cm³/mol. The van der Waals surface area contributed by atoms with Crippen molar-refractivity contribution in [1.29, 1.82) is 0 Å². The van der Waals surface area contributed by atoms with Crippen LogP contribution >= 0.6 is 0 Å². The van der Waals surface area contributed by atoms with Crippen LogP contribution in [0.25, 0.3) is 0 Å². The van der Waals surface area contributed by atoms with Crippen molar-refractivity contribution in [3.8, 4) is 0 Å². The number of rotatable bonds is 7. The molecule has 0 aliphatic heterocycles. The summed E-state index contributed by atoms with van der Waals surface area (Å²) in [5, 5.41) is 3.55. The van der Waals surface area contributed by atoms with Crippen LogP contribution in [0.4, 0.5) is 0 Å². The first-order valence-electron chi connectivity index (χ1n) is 5.35. The van der Waals surface area contributed by atoms with Gasteiger partial charge >= 0.3 is 0 Å². The first kappa shape index (κ1) is 10.7. The lowest BCUT2D eigenvalue weighted by molar-refractivity contribution is 0.158. The zero-order valence-electron chi connectivity index (χ0n) is 8.43. The summed E-state index contributed by atoms with van der Waals surface area (Å²) in [7, 11) is 0. The molecule has 76 valence electrons. The molecule has 1 N–H and O–H groups in total. The first-order valence-corrected chi connectivity index (χ1v) is 5.35. The summed E-state index contributed by atoms with van der Waals surface area (Å²) in [6.45, 7) is 6.24. The summed E-state index contributed by atoms with van der Waals surface area (Å²) in [4.78, 5) is 0. The van der Waals surface area contributed by atoms with Crippen molar-refractivity contribution in [3.63, 3.8) is 0 Å². The highest BCUT2D eigenvalue weighted by Gasteiger charge is 2.12. The van der Waals surface area contributed by atoms with Gasteiger partial charge in [-0.05, 0) is 25.8 Å². The van der Waals surface area contributed by atoms with E-state index in [1.165, 1.54) is 25.7 Å². The third-order valence-corrected chi connectivity index (χ3v) is 2.49. The Morgan fingerprint density at radius 3 is 2.85 bits per heavy atom. The van der Waals surface area contributed by atoms with E-state index in [9.17, 15) is 0 Å². The van der Waals surface area contributed by atoms with Gasteiger partial charge < -0.3 is 10.1 Å². The fourth-order valence-electron chi connectivity index (χ4n) is 1.78. The minimum Gasteiger partial charge on any atom is -0.377 e. The van der Waals surface area contributed by atoms with E-state index in [0.717, 1.165) is 25.6 Å². The van der Waals surface area contributed by atoms with Crippen LogP contribution in [0.2, 0.25) is 0 Å². The highest BCUT2D eigenvalue weighted by molar-refractivity contribution is 4.73. The number of ether oxygens (including phenoxy) is 1. The first-order chi connectivity index (χ1) is 6.43. The molecule has 0 heterocycles. The van der Waals surface area contributed by atoms with E-state index in [0.29, 0.717) is 6.61 Å². The predicted octanol–water partition coefficient (Wildman–Crippen LogP) is 2.11. The second-order valence-corrected chi connectivity index (χ2v) is 3.65. The van der Waals surface area contributed by atoms with Crippen molar-refractivity contribution in [2.75, 3.05) is 19.8 Å². The topological polar surface area (TPSA) is 21.3 Å². The summed E-state index contributed by atoms with van der Waals surface area (Å²) in [6.07, 6.45) is 8.46. The van der Waals surface area contributed by atoms with E-state index in [4.69, 9.17) is 4.74 Å². The van der Waals surface area contributed by atoms with Crippen LogP contribution in [-0.2, 0) is 4.74 Å². The van der Waals surface area contributed by atoms with Crippen molar-refractivity contribution >= 4 is 0 Å². The molecule has 0 spiro atoms. The Labute approximate surface area is 81.4 Å². The van der Waals surface area contributed by atoms with E-state index >= 15 is 0 Å². The third kappa shape index (κ3) is 5.06. The molecule has 1 fully saturated rings. The zero-order chi connectivity index (χ0) is 9.36. The van der Waals surface area contributed by atoms with Gasteiger partial charge in [-0.15, -0.1) is 6.58 Å². The van der Waals surface area contributed by atoms with Gasteiger partial charge in [-0.25, -0.2) is 0 Å². The largest absolute Gasteiger partial charge is 0.377 e. The fraction of sp³-hybridized carbons (Fsp3) is 0.818. The molecule has 0 amide bonds. The number of hydrogen-bond donors (Lipinski definition) is 1. The molecule has 0 atom stereocenters. The molecule has 1 aliphatic carbocycles. The highest BCUT2D eigenvalue weighted by atomic mass is 16.5. The molecular weight excluding hydrogens is 162 g/mol. The van der Waals surface area contributed by atoms with E-state index < -0.39 is 0 Å². The molecule has 1 rings (SSSR count). The maximum absolute atomic E-state index is 5.29. The average Bonchev–Trinajstić information content (AvgIpc) is 2.63. The Morgan fingerprint density at radius 1 is 1.38 bits per heavy atom. The molecule has 0 bridgehead atoms. The minimum absolute atomic E-state index is 0.684. The SMILES string of the molecule is C=CCOCCCNC1CCCC1. The van der Waals surface area contributed by atoms with Gasteiger partial charge in [0.1, 0.15) is 0 Å². The minimum atomic E-state index is 0.684. The van der Waals surface area contributed by atoms with Crippen LogP contribution in [0.5, 0.6) is 0 Å². The summed E-state index contributed by atoms with van der Waals surface area (Å²) < 4.78 is 5.29. The van der Waals surface area contributed by atoms with Crippen LogP contribution in [0.3, 0.4) is 0 Å². The monoisotopic (exact) mass is 183 g/mol. The Morgan fingerprint density at radius 2 is 2.15 bits per heavy atom. The second-order valence-electron chi connectivity index (χ2n) is 3.65. The van der Waals surface area contributed by atoms with Gasteiger partial charge in [0.05, 0.1) is 6.61 Å². The van der Waals surface area contributed by atoms with Crippen molar-refractivity contribution in [1.82, 2.24) is 5.32 Å². The molecule has 0 aromatic carbocycles. The summed E-state index contributed by atoms with van der Waals surface area (Å²) >= 11 is 0. The standard InChI is InChI=1S/C11H21NO/c1-2-9-13-10-5-8-12-11-6-3-4-7-11/h2,11-12H,1,3-10H2. The van der Waals surface area contributed by atoms with Gasteiger partial charge in [-0.3, -0.25) is 0 Å². The quantitative estimate of drug-likeness (QED) is 0.482. The molecule has 0 aromatic rings. The number of nitrogens with one attached hydrogen (secondary N) is 1. The van der Waals surface area contributed by atoms with Crippen LogP contribution in [0.1, 0.15) is 32.1 Å². The molecule has 0 aromatic heterocycles. The van der Waals surface area contributed by atoms with Crippen LogP contribution in [-0.4, -0.2) is 25.8 Å². The summed E-state index contributed by atoms with van der Waals surface area (Å²) in [6, 6.07) is 0.791. The van der Waals surface area contributed by atoms with Gasteiger partial charge in [0.25, 0.3) is 0 Å². The zero-order valence-corrected chi connectivity index (χ0v) is 8.43. The lowest BCUT2D eigenvalue weighted by atomic mass is 10.2. The normalized spacial score (nSPS) is 17.8. The van der Waals surface area contributed by atoms with Gasteiger partial charge in [0.15, 0.2) is 0 Å². The lowest BCUT2D eigenvalue weighted by Crippen LogP contribution is -2.27. The molecule has 0 saturated heterocycles. The maximum atomic E-state index is 5.29. The third-order valence-electron chi connectivity index (χ3n) is 2.49. The van der Waals surface area contributed by atoms with Gasteiger partial charge in [0, 0.05) is 12.6 Å². The van der Waals surface area contributed by atoms with Crippen molar-refractivity contribution in [3.05, 3.63) is 12.7 Å². The summed E-state index contributed by atoms with van der Waals surface area (Å²) in [5.41, 5.74) is 0. The molecule has 1 saturated carbocycles. The average molecular weight is 183 g/mol. The Kier molecular flexibility index (Phi) is 5.87. The van der Waals surface area contributed by atoms with Crippen LogP contribution in [0.15, 0.2) is 12.7 Å². The van der Waals surface area contributed by atoms with Crippen molar-refractivity contribution in [2.24, 2.45) is 0 Å². The highest BCUT2D eigenvalue weighted by Crippen LogP contribution is 2.17. The molecular formula is C11H21NO. The van der Waals surface area contributed by atoms with Crippen molar-refractivity contribution < 1.29 is 4.74 Å². The van der Waals surface area contributed by atoms with Crippen molar-refractivity contribution in [2.45, 2.75) is 38.1 Å². The van der Waals surface area contributed by atoms with Crippen LogP contribution < -0.4 is 5.32 Å². The lowest BCUT2D eigenvalue weighted by Gasteiger charge is -2.10. The van der Waals surface area contributed by atoms with E-state index in [1.54, 1.807) is 6.08 Å². The smallest absolute Gasteiger partial charge is 0.0644 e. The van der Waals surface area contributed by atoms with E-state index in [-0.39, 0.29) is 0 Å². The molecule has 2 nitrogen and oxygen atoms in total. The number of hydrogen-bond acceptors (Lipinski definition) is 2. The molecule has 1 aliphatic rings. The molecule has 2 heteroatoms. The second kappa shape index (κ2) is 7.10. The van der Waals surface area contributed by atoms with Gasteiger partial charge in [0.2, 0.25) is 0 Å². The molecule has 0 radical (unpaired) electrons. The maximum Gasteiger partial charge on any atom is 0.0644 e. The molecule has 0 unspecified atom stereocenters. The van der Waals surface area contributed by atoms with Gasteiger partial charge in [-0.1, -0.05) is 18.9 Å². The van der Waals surface area contributed by atoms with Gasteiger partial charge in [-0.2, -0.15) is 0 Å². The van der Waals surface area contributed by atoms with E-state index in [1.807, 2.05) is 0 Å². The van der Waals surface area contributed by atoms with Crippen LogP contribution in [0, 0.1) is 0 Å². The summed E-state index contributed by atoms with van der Waals surface area (Å²) in [5.74, 6) is 0. The molecule has 13 heavy (non-hydrogen) atoms.